The van der Waals surface area contributed by atoms with E-state index in [0.717, 1.165) is 37.3 Å². The van der Waals surface area contributed by atoms with E-state index in [9.17, 15) is 4.79 Å². The average Bonchev–Trinajstić information content (AvgIpc) is 2.56. The Labute approximate surface area is 142 Å². The van der Waals surface area contributed by atoms with Crippen LogP contribution < -0.4 is 16.8 Å². The van der Waals surface area contributed by atoms with Crippen LogP contribution in [-0.2, 0) is 18.5 Å². The minimum Gasteiger partial charge on any atom is -0.352 e. The molecule has 0 spiro atoms. The van der Waals surface area contributed by atoms with Crippen molar-refractivity contribution in [3.8, 4) is 0 Å². The summed E-state index contributed by atoms with van der Waals surface area (Å²) in [5, 5.41) is 2.93. The number of carbonyl (C=O) groups is 1. The average molecular weight is 327 g/mol. The Bertz CT molecular complexity index is 697. The molecule has 0 radical (unpaired) electrons. The molecule has 1 unspecified atom stereocenters. The van der Waals surface area contributed by atoms with E-state index in [1.165, 1.54) is 11.1 Å². The van der Waals surface area contributed by atoms with Gasteiger partial charge >= 0.3 is 6.03 Å². The number of amides is 2. The van der Waals surface area contributed by atoms with Crippen LogP contribution in [0.3, 0.4) is 0 Å². The lowest BCUT2D eigenvalue weighted by molar-refractivity contribution is 0.239. The maximum absolute atomic E-state index is 11.6. The molecule has 0 fully saturated rings. The summed E-state index contributed by atoms with van der Waals surface area (Å²) in [6.07, 6.45) is 4.90. The zero-order chi connectivity index (χ0) is 17.2. The highest BCUT2D eigenvalue weighted by Crippen LogP contribution is 2.33. The fourth-order valence-corrected chi connectivity index (χ4v) is 3.62. The Balaban J connectivity index is 2.00. The molecule has 6 nitrogen and oxygen atoms in total. The highest BCUT2D eigenvalue weighted by Gasteiger charge is 2.35. The highest BCUT2D eigenvalue weighted by molar-refractivity contribution is 5.94. The molecule has 2 aliphatic rings. The number of urea groups is 1. The van der Waals surface area contributed by atoms with Gasteiger partial charge in [0.15, 0.2) is 0 Å². The van der Waals surface area contributed by atoms with Crippen molar-refractivity contribution in [3.63, 3.8) is 0 Å². The van der Waals surface area contributed by atoms with E-state index in [-0.39, 0.29) is 0 Å². The van der Waals surface area contributed by atoms with Gasteiger partial charge in [0, 0.05) is 31.9 Å². The van der Waals surface area contributed by atoms with Crippen molar-refractivity contribution in [2.45, 2.75) is 25.4 Å². The lowest BCUT2D eigenvalue weighted by Crippen LogP contribution is -2.51. The molecule has 0 bridgehead atoms. The van der Waals surface area contributed by atoms with E-state index in [4.69, 9.17) is 11.5 Å². The quantitative estimate of drug-likeness (QED) is 0.766. The molecule has 1 atom stereocenters. The molecule has 5 N–H and O–H groups in total. The number of nitrogens with one attached hydrogen (secondary N) is 1. The van der Waals surface area contributed by atoms with Crippen LogP contribution in [0.1, 0.15) is 23.6 Å². The summed E-state index contributed by atoms with van der Waals surface area (Å²) in [5.74, 6) is 0. The molecule has 128 valence electrons. The van der Waals surface area contributed by atoms with Crippen molar-refractivity contribution in [2.75, 3.05) is 26.2 Å². The molecule has 2 amide bonds. The fourth-order valence-electron chi connectivity index (χ4n) is 3.62. The van der Waals surface area contributed by atoms with Gasteiger partial charge in [0.2, 0.25) is 0 Å². The Morgan fingerprint density at radius 3 is 2.96 bits per heavy atom. The molecule has 24 heavy (non-hydrogen) atoms. The summed E-state index contributed by atoms with van der Waals surface area (Å²) >= 11 is 0. The largest absolute Gasteiger partial charge is 0.352 e. The van der Waals surface area contributed by atoms with E-state index in [1.54, 1.807) is 0 Å². The molecule has 0 saturated heterocycles. The van der Waals surface area contributed by atoms with Crippen molar-refractivity contribution >= 4 is 11.7 Å². The first-order valence-electron chi connectivity index (χ1n) is 8.35. The summed E-state index contributed by atoms with van der Waals surface area (Å²) in [4.78, 5) is 18.5. The SMILES string of the molecule is CC1=NCC(NC(N)=O)(c2cccc3c2CCN(CCN)C3)C=C1. The number of rotatable bonds is 4. The van der Waals surface area contributed by atoms with E-state index in [1.807, 2.05) is 25.1 Å². The lowest BCUT2D eigenvalue weighted by Gasteiger charge is -2.37. The van der Waals surface area contributed by atoms with Crippen LogP contribution in [0.4, 0.5) is 4.79 Å². The zero-order valence-electron chi connectivity index (χ0n) is 14.1. The van der Waals surface area contributed by atoms with Crippen molar-refractivity contribution in [1.82, 2.24) is 10.2 Å². The number of carbonyl (C=O) groups excluding carboxylic acids is 1. The van der Waals surface area contributed by atoms with Crippen molar-refractivity contribution in [2.24, 2.45) is 16.5 Å². The number of primary amides is 1. The molecule has 2 heterocycles. The van der Waals surface area contributed by atoms with Crippen LogP contribution in [0.25, 0.3) is 0 Å². The number of nitrogens with two attached hydrogens (primary N) is 2. The Kier molecular flexibility index (Phi) is 4.69. The fraction of sp³-hybridized carbons (Fsp3) is 0.444. The minimum atomic E-state index is -0.660. The molecule has 1 aromatic carbocycles. The van der Waals surface area contributed by atoms with Crippen LogP contribution in [0.15, 0.2) is 35.3 Å². The molecule has 2 aliphatic heterocycles. The second-order valence-electron chi connectivity index (χ2n) is 6.51. The number of benzene rings is 1. The zero-order valence-corrected chi connectivity index (χ0v) is 14.1. The van der Waals surface area contributed by atoms with Gasteiger partial charge in [-0.1, -0.05) is 24.3 Å². The van der Waals surface area contributed by atoms with Gasteiger partial charge in [0.1, 0.15) is 5.54 Å². The van der Waals surface area contributed by atoms with E-state index in [2.05, 4.69) is 27.3 Å². The van der Waals surface area contributed by atoms with Crippen molar-refractivity contribution in [1.29, 1.82) is 0 Å². The maximum Gasteiger partial charge on any atom is 0.313 e. The van der Waals surface area contributed by atoms with E-state index >= 15 is 0 Å². The highest BCUT2D eigenvalue weighted by atomic mass is 16.2. The predicted octanol–water partition coefficient (Wildman–Crippen LogP) is 0.898. The van der Waals surface area contributed by atoms with Gasteiger partial charge in [0.05, 0.1) is 6.54 Å². The standard InChI is InChI=1S/C18H25N5O/c1-13-5-7-18(12-21-13,22-17(20)24)16-4-2-3-14-11-23(10-8-19)9-6-15(14)16/h2-5,7H,6,8-12,19H2,1H3,(H3,20,22,24). The number of dihydropyridines is 1. The molecular formula is C18H25N5O. The number of fused-ring (bicyclic) bond motifs is 1. The van der Waals surface area contributed by atoms with Gasteiger partial charge in [-0.25, -0.2) is 4.79 Å². The molecule has 0 aromatic heterocycles. The number of aliphatic imine (C=N–C) groups is 1. The van der Waals surface area contributed by atoms with Gasteiger partial charge < -0.3 is 16.8 Å². The summed E-state index contributed by atoms with van der Waals surface area (Å²) in [6.45, 7) is 5.85. The number of hydrogen-bond acceptors (Lipinski definition) is 4. The van der Waals surface area contributed by atoms with Crippen LogP contribution in [0.2, 0.25) is 0 Å². The second kappa shape index (κ2) is 6.75. The molecule has 1 aromatic rings. The van der Waals surface area contributed by atoms with Crippen LogP contribution in [-0.4, -0.2) is 42.8 Å². The molecule has 0 saturated carbocycles. The monoisotopic (exact) mass is 327 g/mol. The number of hydrogen-bond donors (Lipinski definition) is 3. The number of allylic oxidation sites excluding steroid dienone is 1. The molecule has 3 rings (SSSR count). The third-order valence-corrected chi connectivity index (χ3v) is 4.80. The smallest absolute Gasteiger partial charge is 0.313 e. The Morgan fingerprint density at radius 1 is 1.46 bits per heavy atom. The van der Waals surface area contributed by atoms with Gasteiger partial charge in [-0.3, -0.25) is 9.89 Å². The first-order valence-corrected chi connectivity index (χ1v) is 8.35. The summed E-state index contributed by atoms with van der Waals surface area (Å²) in [5.41, 5.74) is 15.1. The third-order valence-electron chi connectivity index (χ3n) is 4.80. The van der Waals surface area contributed by atoms with Crippen LogP contribution in [0, 0.1) is 0 Å². The topological polar surface area (TPSA) is 96.7 Å². The second-order valence-corrected chi connectivity index (χ2v) is 6.51. The van der Waals surface area contributed by atoms with Gasteiger partial charge in [-0.2, -0.15) is 0 Å². The van der Waals surface area contributed by atoms with Crippen molar-refractivity contribution < 1.29 is 4.79 Å². The van der Waals surface area contributed by atoms with Crippen molar-refractivity contribution in [3.05, 3.63) is 47.0 Å². The van der Waals surface area contributed by atoms with E-state index in [0.29, 0.717) is 13.1 Å². The van der Waals surface area contributed by atoms with E-state index < -0.39 is 11.6 Å². The first-order chi connectivity index (χ1) is 11.5. The molecule has 0 aliphatic carbocycles. The lowest BCUT2D eigenvalue weighted by atomic mass is 9.80. The van der Waals surface area contributed by atoms with Gasteiger partial charge in [-0.05, 0) is 36.1 Å². The Hall–Kier alpha value is -2.18. The van der Waals surface area contributed by atoms with Crippen LogP contribution in [0.5, 0.6) is 0 Å². The van der Waals surface area contributed by atoms with Gasteiger partial charge in [-0.15, -0.1) is 0 Å². The number of nitrogens with zero attached hydrogens (tertiary/aromatic N) is 2. The van der Waals surface area contributed by atoms with Crippen LogP contribution >= 0.6 is 0 Å². The third kappa shape index (κ3) is 3.20. The summed E-state index contributed by atoms with van der Waals surface area (Å²) < 4.78 is 0. The Morgan fingerprint density at radius 2 is 2.29 bits per heavy atom. The normalized spacial score (nSPS) is 23.5. The summed E-state index contributed by atoms with van der Waals surface area (Å²) in [6, 6.07) is 5.74. The minimum absolute atomic E-state index is 0.473. The molecular weight excluding hydrogens is 302 g/mol. The first kappa shape index (κ1) is 16.7. The summed E-state index contributed by atoms with van der Waals surface area (Å²) in [7, 11) is 0. The van der Waals surface area contributed by atoms with Gasteiger partial charge in [0.25, 0.3) is 0 Å². The predicted molar refractivity (Wildman–Crippen MR) is 96.0 cm³/mol. The maximum atomic E-state index is 11.6. The molecule has 6 heteroatoms.